The minimum Gasteiger partial charge on any atom is -0.348 e. The standard InChI is InChI=1S/C7H7NO/c9-7-5-3-1-2-4-6(5)8-7/h1-6H,(H,8,9)/t5-,6+/m1/s1. The SMILES string of the molecule is O=C1N[C@H]2C=CC=C[C@@H]12. The van der Waals surface area contributed by atoms with E-state index in [-0.39, 0.29) is 11.8 Å². The van der Waals surface area contributed by atoms with Gasteiger partial charge in [-0.25, -0.2) is 0 Å². The van der Waals surface area contributed by atoms with Crippen LogP contribution < -0.4 is 5.32 Å². The van der Waals surface area contributed by atoms with E-state index in [1.165, 1.54) is 0 Å². The molecule has 1 fully saturated rings. The molecule has 2 rings (SSSR count). The lowest BCUT2D eigenvalue weighted by atomic mass is 9.87. The molecule has 1 heterocycles. The molecule has 2 atom stereocenters. The highest BCUT2D eigenvalue weighted by Crippen LogP contribution is 2.20. The van der Waals surface area contributed by atoms with E-state index < -0.39 is 0 Å². The minimum atomic E-state index is 0.134. The Morgan fingerprint density at radius 3 is 2.67 bits per heavy atom. The van der Waals surface area contributed by atoms with Crippen molar-refractivity contribution in [2.75, 3.05) is 0 Å². The highest BCUT2D eigenvalue weighted by atomic mass is 16.2. The van der Waals surface area contributed by atoms with Crippen LogP contribution in [0.25, 0.3) is 0 Å². The van der Waals surface area contributed by atoms with Crippen LogP contribution in [0.4, 0.5) is 0 Å². The summed E-state index contributed by atoms with van der Waals surface area (Å²) >= 11 is 0. The molecule has 0 aromatic heterocycles. The molecule has 1 aliphatic heterocycles. The van der Waals surface area contributed by atoms with Gasteiger partial charge in [0.25, 0.3) is 0 Å². The topological polar surface area (TPSA) is 29.1 Å². The number of carbonyl (C=O) groups is 1. The number of β-lactam (4-membered cyclic amide) rings is 1. The molecule has 1 N–H and O–H groups in total. The molecule has 46 valence electrons. The van der Waals surface area contributed by atoms with Gasteiger partial charge < -0.3 is 5.32 Å². The summed E-state index contributed by atoms with van der Waals surface area (Å²) in [5.74, 6) is 0.288. The number of carbonyl (C=O) groups excluding carboxylic acids is 1. The van der Waals surface area contributed by atoms with Crippen molar-refractivity contribution in [2.24, 2.45) is 5.92 Å². The fraction of sp³-hybridized carbons (Fsp3) is 0.286. The van der Waals surface area contributed by atoms with Gasteiger partial charge in [-0.05, 0) is 0 Å². The lowest BCUT2D eigenvalue weighted by molar-refractivity contribution is -0.131. The van der Waals surface area contributed by atoms with Crippen molar-refractivity contribution in [1.82, 2.24) is 5.32 Å². The molecule has 1 amide bonds. The first-order valence-electron chi connectivity index (χ1n) is 3.03. The van der Waals surface area contributed by atoms with Crippen LogP contribution in [0.15, 0.2) is 24.3 Å². The largest absolute Gasteiger partial charge is 0.348 e. The Morgan fingerprint density at radius 2 is 2.11 bits per heavy atom. The van der Waals surface area contributed by atoms with Gasteiger partial charge in [0.1, 0.15) is 0 Å². The van der Waals surface area contributed by atoms with Gasteiger partial charge in [-0.3, -0.25) is 4.79 Å². The van der Waals surface area contributed by atoms with Crippen molar-refractivity contribution >= 4 is 5.91 Å². The van der Waals surface area contributed by atoms with E-state index in [9.17, 15) is 4.79 Å². The number of fused-ring (bicyclic) bond motifs is 1. The average Bonchev–Trinajstić information content (AvgIpc) is 1.86. The second-order valence-corrected chi connectivity index (χ2v) is 2.33. The van der Waals surface area contributed by atoms with Crippen LogP contribution >= 0.6 is 0 Å². The summed E-state index contributed by atoms with van der Waals surface area (Å²) in [6.45, 7) is 0. The third-order valence-corrected chi connectivity index (χ3v) is 1.75. The summed E-state index contributed by atoms with van der Waals surface area (Å²) in [4.78, 5) is 10.7. The predicted molar refractivity (Wildman–Crippen MR) is 33.7 cm³/mol. The number of amides is 1. The number of hydrogen-bond donors (Lipinski definition) is 1. The van der Waals surface area contributed by atoms with Gasteiger partial charge in [-0.15, -0.1) is 0 Å². The first-order valence-corrected chi connectivity index (χ1v) is 3.03. The Labute approximate surface area is 53.2 Å². The zero-order valence-corrected chi connectivity index (χ0v) is 4.87. The van der Waals surface area contributed by atoms with Crippen molar-refractivity contribution in [3.05, 3.63) is 24.3 Å². The van der Waals surface area contributed by atoms with Gasteiger partial charge in [0.05, 0.1) is 12.0 Å². The highest BCUT2D eigenvalue weighted by molar-refractivity contribution is 5.88. The fourth-order valence-corrected chi connectivity index (χ4v) is 1.16. The second-order valence-electron chi connectivity index (χ2n) is 2.33. The summed E-state index contributed by atoms with van der Waals surface area (Å²) in [6.07, 6.45) is 7.82. The van der Waals surface area contributed by atoms with E-state index in [1.807, 2.05) is 24.3 Å². The van der Waals surface area contributed by atoms with Gasteiger partial charge in [-0.2, -0.15) is 0 Å². The van der Waals surface area contributed by atoms with Crippen LogP contribution in [0.3, 0.4) is 0 Å². The predicted octanol–water partition coefficient (Wildman–Crippen LogP) is 0.227. The molecule has 0 saturated carbocycles. The quantitative estimate of drug-likeness (QED) is 0.456. The van der Waals surface area contributed by atoms with Gasteiger partial charge >= 0.3 is 0 Å². The van der Waals surface area contributed by atoms with Crippen molar-refractivity contribution in [3.63, 3.8) is 0 Å². The minimum absolute atomic E-state index is 0.134. The zero-order valence-electron chi connectivity index (χ0n) is 4.87. The summed E-state index contributed by atoms with van der Waals surface area (Å²) in [7, 11) is 0. The maximum Gasteiger partial charge on any atom is 0.229 e. The molecule has 0 bridgehead atoms. The molecular formula is C7H7NO. The fourth-order valence-electron chi connectivity index (χ4n) is 1.16. The number of rotatable bonds is 0. The maximum absolute atomic E-state index is 10.7. The van der Waals surface area contributed by atoms with Gasteiger partial charge in [0.15, 0.2) is 0 Å². The summed E-state index contributed by atoms with van der Waals surface area (Å²) < 4.78 is 0. The van der Waals surface area contributed by atoms with E-state index in [0.717, 1.165) is 0 Å². The van der Waals surface area contributed by atoms with E-state index >= 15 is 0 Å². The van der Waals surface area contributed by atoms with Crippen LogP contribution in [0.5, 0.6) is 0 Å². The number of nitrogens with one attached hydrogen (secondary N) is 1. The summed E-state index contributed by atoms with van der Waals surface area (Å²) in [6, 6.07) is 0.294. The van der Waals surface area contributed by atoms with Crippen LogP contribution in [-0.4, -0.2) is 11.9 Å². The van der Waals surface area contributed by atoms with Crippen LogP contribution in [0, 0.1) is 5.92 Å². The summed E-state index contributed by atoms with van der Waals surface area (Å²) in [5, 5.41) is 2.77. The van der Waals surface area contributed by atoms with Crippen molar-refractivity contribution in [1.29, 1.82) is 0 Å². The molecule has 2 aliphatic rings. The summed E-state index contributed by atoms with van der Waals surface area (Å²) in [5.41, 5.74) is 0. The van der Waals surface area contributed by atoms with E-state index in [4.69, 9.17) is 0 Å². The van der Waals surface area contributed by atoms with Gasteiger partial charge in [0, 0.05) is 0 Å². The lowest BCUT2D eigenvalue weighted by Crippen LogP contribution is -2.56. The molecule has 0 radical (unpaired) electrons. The van der Waals surface area contributed by atoms with Gasteiger partial charge in [0.2, 0.25) is 5.91 Å². The van der Waals surface area contributed by atoms with Crippen molar-refractivity contribution < 1.29 is 4.79 Å². The third kappa shape index (κ3) is 0.529. The smallest absolute Gasteiger partial charge is 0.229 e. The Balaban J connectivity index is 2.23. The van der Waals surface area contributed by atoms with Crippen LogP contribution in [0.1, 0.15) is 0 Å². The molecule has 0 unspecified atom stereocenters. The maximum atomic E-state index is 10.7. The highest BCUT2D eigenvalue weighted by Gasteiger charge is 2.35. The van der Waals surface area contributed by atoms with Crippen molar-refractivity contribution in [2.45, 2.75) is 6.04 Å². The van der Waals surface area contributed by atoms with E-state index in [2.05, 4.69) is 5.32 Å². The molecule has 2 nitrogen and oxygen atoms in total. The normalized spacial score (nSPS) is 37.1. The Hall–Kier alpha value is -1.05. The molecule has 2 heteroatoms. The molecule has 0 aromatic carbocycles. The van der Waals surface area contributed by atoms with Crippen molar-refractivity contribution in [3.8, 4) is 0 Å². The zero-order chi connectivity index (χ0) is 6.27. The van der Waals surface area contributed by atoms with Gasteiger partial charge in [-0.1, -0.05) is 24.3 Å². The number of allylic oxidation sites excluding steroid dienone is 2. The molecule has 9 heavy (non-hydrogen) atoms. The Kier molecular flexibility index (Phi) is 0.781. The first-order chi connectivity index (χ1) is 4.38. The Bertz CT molecular complexity index is 205. The molecular weight excluding hydrogens is 114 g/mol. The molecule has 0 aromatic rings. The van der Waals surface area contributed by atoms with E-state index in [0.29, 0.717) is 6.04 Å². The average molecular weight is 121 g/mol. The van der Waals surface area contributed by atoms with E-state index in [1.54, 1.807) is 0 Å². The Morgan fingerprint density at radius 1 is 1.33 bits per heavy atom. The van der Waals surface area contributed by atoms with Crippen LogP contribution in [-0.2, 0) is 4.79 Å². The van der Waals surface area contributed by atoms with Crippen LogP contribution in [0.2, 0.25) is 0 Å². The monoisotopic (exact) mass is 121 g/mol. The number of hydrogen-bond acceptors (Lipinski definition) is 1. The molecule has 0 spiro atoms. The molecule has 1 aliphatic carbocycles. The third-order valence-electron chi connectivity index (χ3n) is 1.75. The lowest BCUT2D eigenvalue weighted by Gasteiger charge is -2.33. The second kappa shape index (κ2) is 1.47. The first kappa shape index (κ1) is 4.79. The molecule has 1 saturated heterocycles.